The highest BCUT2D eigenvalue weighted by Gasteiger charge is 2.30. The van der Waals surface area contributed by atoms with Gasteiger partial charge in [0.1, 0.15) is 5.36 Å². The van der Waals surface area contributed by atoms with Gasteiger partial charge in [0, 0.05) is 21.9 Å². The molecule has 3 aromatic carbocycles. The number of amides is 1. The summed E-state index contributed by atoms with van der Waals surface area (Å²) in [5.41, 5.74) is 2.84. The largest absolute Gasteiger partial charge is 0.484 e. The monoisotopic (exact) mass is 461 g/mol. The van der Waals surface area contributed by atoms with Gasteiger partial charge in [-0.25, -0.2) is 0 Å². The second kappa shape index (κ2) is 7.80. The van der Waals surface area contributed by atoms with Gasteiger partial charge in [-0.15, -0.1) is 0 Å². The molecule has 0 unspecified atom stereocenters. The molecule has 2 aliphatic carbocycles. The maximum absolute atomic E-state index is 12.6. The molecule has 5 rings (SSSR count). The van der Waals surface area contributed by atoms with Crippen molar-refractivity contribution in [3.05, 3.63) is 104 Å². The van der Waals surface area contributed by atoms with Gasteiger partial charge in [-0.2, -0.15) is 18.3 Å². The summed E-state index contributed by atoms with van der Waals surface area (Å²) in [6.07, 6.45) is -4.88. The zero-order valence-electron chi connectivity index (χ0n) is 17.2. The summed E-state index contributed by atoms with van der Waals surface area (Å²) < 4.78 is 37.9. The fourth-order valence-corrected chi connectivity index (χ4v) is 3.98. The molecule has 0 aromatic heterocycles. The van der Waals surface area contributed by atoms with Crippen molar-refractivity contribution in [2.75, 3.05) is 5.43 Å². The summed E-state index contributed by atoms with van der Waals surface area (Å²) in [4.78, 5) is 37.3. The topological polar surface area (TPSA) is 87.6 Å². The average Bonchev–Trinajstić information content (AvgIpc) is 3.07. The van der Waals surface area contributed by atoms with E-state index >= 15 is 0 Å². The summed E-state index contributed by atoms with van der Waals surface area (Å²) >= 11 is 0. The first kappa shape index (κ1) is 21.3. The van der Waals surface area contributed by atoms with E-state index in [-0.39, 0.29) is 22.0 Å². The lowest BCUT2D eigenvalue weighted by Crippen LogP contribution is -2.37. The van der Waals surface area contributed by atoms with Gasteiger partial charge >= 0.3 is 6.30 Å². The molecule has 0 saturated heterocycles. The number of carbonyl (C=O) groups is 1. The standard InChI is InChI=1S/C25H14F3N3O3/c26-25(27,28)29-24(34)14-9-13-5-1-2-6-15(13)20(10-14)30-31-21-11-18-16-7-3-4-8-17(16)23(33)19(18)12-22(21)32/h1-12,30H,(H,29,34). The molecule has 1 amide bonds. The van der Waals surface area contributed by atoms with Crippen LogP contribution in [-0.2, 0) is 0 Å². The Hall–Kier alpha value is -4.53. The molecule has 2 aliphatic rings. The lowest BCUT2D eigenvalue weighted by Gasteiger charge is -2.12. The first-order valence-electron chi connectivity index (χ1n) is 10.1. The lowest BCUT2D eigenvalue weighted by molar-refractivity contribution is -0.146. The number of alkyl halides is 3. The molecule has 0 saturated carbocycles. The van der Waals surface area contributed by atoms with Crippen molar-refractivity contribution in [3.8, 4) is 11.1 Å². The van der Waals surface area contributed by atoms with E-state index in [0.717, 1.165) is 5.32 Å². The van der Waals surface area contributed by atoms with E-state index in [1.807, 2.05) is 0 Å². The fraction of sp³-hybridized carbons (Fsp3) is 0.0400. The molecule has 0 fully saturated rings. The molecule has 168 valence electrons. The number of fused-ring (bicyclic) bond motifs is 4. The Morgan fingerprint density at radius 2 is 1.47 bits per heavy atom. The van der Waals surface area contributed by atoms with E-state index in [1.54, 1.807) is 48.5 Å². The van der Waals surface area contributed by atoms with Gasteiger partial charge < -0.3 is 0 Å². The minimum absolute atomic E-state index is 0.0116. The van der Waals surface area contributed by atoms with Crippen LogP contribution in [0.4, 0.5) is 18.9 Å². The van der Waals surface area contributed by atoms with Crippen LogP contribution in [0.15, 0.2) is 87.5 Å². The third-order valence-corrected chi connectivity index (χ3v) is 5.48. The van der Waals surface area contributed by atoms with Crippen LogP contribution in [0.3, 0.4) is 0 Å². The fourth-order valence-electron chi connectivity index (χ4n) is 3.98. The Kier molecular flexibility index (Phi) is 4.89. The number of hydrogen-bond donors (Lipinski definition) is 2. The SMILES string of the molecule is O=C(NC(F)(F)F)c1cc(NN=c2cc3c4ccccc4c(=O)c-3cc2=O)c2ccccc2c1. The van der Waals surface area contributed by atoms with Crippen molar-refractivity contribution in [2.45, 2.75) is 6.30 Å². The van der Waals surface area contributed by atoms with Gasteiger partial charge in [0.2, 0.25) is 5.43 Å². The second-order valence-corrected chi connectivity index (χ2v) is 7.66. The molecule has 9 heteroatoms. The predicted octanol–water partition coefficient (Wildman–Crippen LogP) is 3.87. The zero-order valence-corrected chi connectivity index (χ0v) is 17.2. The Morgan fingerprint density at radius 3 is 2.21 bits per heavy atom. The molecule has 0 spiro atoms. The zero-order chi connectivity index (χ0) is 24.0. The Morgan fingerprint density at radius 1 is 0.794 bits per heavy atom. The number of halogens is 3. The number of carbonyl (C=O) groups excluding carboxylic acids is 1. The van der Waals surface area contributed by atoms with Gasteiger partial charge in [0.15, 0.2) is 5.43 Å². The van der Waals surface area contributed by atoms with Crippen LogP contribution in [-0.4, -0.2) is 12.2 Å². The van der Waals surface area contributed by atoms with E-state index < -0.39 is 17.6 Å². The molecular weight excluding hydrogens is 447 g/mol. The van der Waals surface area contributed by atoms with Crippen molar-refractivity contribution in [3.63, 3.8) is 0 Å². The molecule has 0 atom stereocenters. The maximum atomic E-state index is 12.6. The van der Waals surface area contributed by atoms with E-state index in [9.17, 15) is 27.6 Å². The minimum Gasteiger partial charge on any atom is -0.289 e. The molecule has 6 nitrogen and oxygen atoms in total. The van der Waals surface area contributed by atoms with E-state index in [4.69, 9.17) is 0 Å². The molecule has 3 aromatic rings. The van der Waals surface area contributed by atoms with Crippen molar-refractivity contribution in [1.29, 1.82) is 0 Å². The van der Waals surface area contributed by atoms with Crippen molar-refractivity contribution in [1.82, 2.24) is 5.32 Å². The van der Waals surface area contributed by atoms with Crippen LogP contribution >= 0.6 is 0 Å². The summed E-state index contributed by atoms with van der Waals surface area (Å²) in [7, 11) is 0. The molecule has 2 N–H and O–H groups in total. The van der Waals surface area contributed by atoms with Gasteiger partial charge in [0.05, 0.1) is 5.69 Å². The number of rotatable bonds is 3. The average molecular weight is 461 g/mol. The smallest absolute Gasteiger partial charge is 0.289 e. The first-order valence-corrected chi connectivity index (χ1v) is 10.1. The highest BCUT2D eigenvalue weighted by Crippen LogP contribution is 2.28. The number of hydrogen-bond acceptors (Lipinski definition) is 5. The Bertz CT molecular complexity index is 1720. The van der Waals surface area contributed by atoms with Crippen LogP contribution in [0, 0.1) is 0 Å². The van der Waals surface area contributed by atoms with E-state index in [0.29, 0.717) is 32.7 Å². The summed E-state index contributed by atoms with van der Waals surface area (Å²) in [5, 5.41) is 7.41. The van der Waals surface area contributed by atoms with E-state index in [1.165, 1.54) is 24.3 Å². The first-order chi connectivity index (χ1) is 16.2. The van der Waals surface area contributed by atoms with Crippen LogP contribution in [0.2, 0.25) is 0 Å². The van der Waals surface area contributed by atoms with Crippen LogP contribution in [0.25, 0.3) is 32.7 Å². The maximum Gasteiger partial charge on any atom is 0.484 e. The second-order valence-electron chi connectivity index (χ2n) is 7.66. The quantitative estimate of drug-likeness (QED) is 0.316. The summed E-state index contributed by atoms with van der Waals surface area (Å²) in [6, 6.07) is 19.0. The molecule has 0 aliphatic heterocycles. The third kappa shape index (κ3) is 3.77. The van der Waals surface area contributed by atoms with Gasteiger partial charge in [-0.3, -0.25) is 25.1 Å². The molecule has 0 radical (unpaired) electrons. The normalized spacial score (nSPS) is 12.5. The van der Waals surface area contributed by atoms with Gasteiger partial charge in [-0.1, -0.05) is 48.5 Å². The highest BCUT2D eigenvalue weighted by molar-refractivity contribution is 6.04. The number of benzene rings is 4. The van der Waals surface area contributed by atoms with Crippen molar-refractivity contribution >= 4 is 33.1 Å². The minimum atomic E-state index is -4.88. The van der Waals surface area contributed by atoms with Gasteiger partial charge in [0.25, 0.3) is 5.91 Å². The lowest BCUT2D eigenvalue weighted by atomic mass is 10.0. The Balaban J connectivity index is 1.63. The third-order valence-electron chi connectivity index (χ3n) is 5.48. The summed E-state index contributed by atoms with van der Waals surface area (Å²) in [5.74, 6) is -1.32. The number of nitrogens with zero attached hydrogens (tertiary/aromatic N) is 1. The number of nitrogens with one attached hydrogen (secondary N) is 2. The molecule has 34 heavy (non-hydrogen) atoms. The Labute approximate surface area is 189 Å². The summed E-state index contributed by atoms with van der Waals surface area (Å²) in [6.45, 7) is 0. The number of anilines is 1. The van der Waals surface area contributed by atoms with Gasteiger partial charge in [-0.05, 0) is 40.6 Å². The van der Waals surface area contributed by atoms with Crippen molar-refractivity contribution in [2.24, 2.45) is 5.10 Å². The van der Waals surface area contributed by atoms with E-state index in [2.05, 4.69) is 10.5 Å². The van der Waals surface area contributed by atoms with Crippen LogP contribution < -0.4 is 27.0 Å². The van der Waals surface area contributed by atoms with Crippen LogP contribution in [0.1, 0.15) is 10.4 Å². The molecular formula is C25H14F3N3O3. The highest BCUT2D eigenvalue weighted by atomic mass is 19.4. The van der Waals surface area contributed by atoms with Crippen molar-refractivity contribution < 1.29 is 18.0 Å². The predicted molar refractivity (Wildman–Crippen MR) is 122 cm³/mol. The van der Waals surface area contributed by atoms with Crippen LogP contribution in [0.5, 0.6) is 0 Å². The molecule has 0 heterocycles. The molecule has 0 bridgehead atoms.